The molecular formula is C14H16FN3O3. The first kappa shape index (κ1) is 15.1. The first-order chi connectivity index (χ1) is 10.1. The number of carbonyl (C=O) groups excluding carboxylic acids is 1. The third-order valence-corrected chi connectivity index (χ3v) is 2.88. The van der Waals surface area contributed by atoms with Gasteiger partial charge in [0, 0.05) is 6.54 Å². The molecular weight excluding hydrogens is 277 g/mol. The highest BCUT2D eigenvalue weighted by Gasteiger charge is 2.15. The summed E-state index contributed by atoms with van der Waals surface area (Å²) in [7, 11) is 0. The minimum Gasteiger partial charge on any atom is -0.446 e. The monoisotopic (exact) mass is 293 g/mol. The molecule has 0 saturated heterocycles. The molecule has 2 aromatic rings. The Bertz CT molecular complexity index is 598. The molecule has 112 valence electrons. The molecule has 6 nitrogen and oxygen atoms in total. The zero-order valence-electron chi connectivity index (χ0n) is 11.3. The minimum absolute atomic E-state index is 0.105. The third kappa shape index (κ3) is 4.11. The predicted molar refractivity (Wildman–Crippen MR) is 73.0 cm³/mol. The number of nitrogens with two attached hydrogens (primary N) is 1. The van der Waals surface area contributed by atoms with E-state index in [4.69, 9.17) is 15.3 Å². The maximum absolute atomic E-state index is 12.7. The topological polar surface area (TPSA) is 101 Å². The number of nitrogens with one attached hydrogen (secondary N) is 1. The molecule has 1 aromatic heterocycles. The van der Waals surface area contributed by atoms with Crippen molar-refractivity contribution in [2.75, 3.05) is 13.2 Å². The molecule has 0 fully saturated rings. The summed E-state index contributed by atoms with van der Waals surface area (Å²) in [6.45, 7) is 0.0743. The molecule has 1 atom stereocenters. The van der Waals surface area contributed by atoms with Crippen LogP contribution in [0.1, 0.15) is 28.0 Å². The summed E-state index contributed by atoms with van der Waals surface area (Å²) in [5.74, 6) is -0.573. The van der Waals surface area contributed by atoms with Crippen LogP contribution in [0.15, 0.2) is 34.9 Å². The molecule has 1 aromatic carbocycles. The number of hydrogen-bond donors (Lipinski definition) is 3. The van der Waals surface area contributed by atoms with Crippen LogP contribution in [0.2, 0.25) is 0 Å². The van der Waals surface area contributed by atoms with Crippen LogP contribution in [0.4, 0.5) is 4.39 Å². The molecule has 7 heteroatoms. The summed E-state index contributed by atoms with van der Waals surface area (Å²) in [6.07, 6.45) is 1.77. The van der Waals surface area contributed by atoms with Gasteiger partial charge in [-0.25, -0.2) is 9.37 Å². The number of aromatic nitrogens is 1. The van der Waals surface area contributed by atoms with Gasteiger partial charge in [-0.1, -0.05) is 12.1 Å². The zero-order chi connectivity index (χ0) is 15.2. The van der Waals surface area contributed by atoms with Gasteiger partial charge in [-0.3, -0.25) is 4.79 Å². The van der Waals surface area contributed by atoms with Crippen LogP contribution in [0.5, 0.6) is 0 Å². The molecule has 0 aliphatic rings. The Morgan fingerprint density at radius 1 is 1.43 bits per heavy atom. The number of rotatable bonds is 6. The van der Waals surface area contributed by atoms with Crippen molar-refractivity contribution < 1.29 is 18.7 Å². The van der Waals surface area contributed by atoms with Crippen molar-refractivity contribution in [3.8, 4) is 0 Å². The first-order valence-corrected chi connectivity index (χ1v) is 6.44. The van der Waals surface area contributed by atoms with Crippen LogP contribution in [0.25, 0.3) is 0 Å². The molecule has 21 heavy (non-hydrogen) atoms. The number of halogens is 1. The molecule has 1 unspecified atom stereocenters. The van der Waals surface area contributed by atoms with Crippen molar-refractivity contribution in [2.24, 2.45) is 5.73 Å². The van der Waals surface area contributed by atoms with Gasteiger partial charge in [-0.15, -0.1) is 0 Å². The van der Waals surface area contributed by atoms with Gasteiger partial charge >= 0.3 is 0 Å². The lowest BCUT2D eigenvalue weighted by atomic mass is 10.1. The van der Waals surface area contributed by atoms with Crippen LogP contribution in [-0.2, 0) is 6.42 Å². The van der Waals surface area contributed by atoms with E-state index in [2.05, 4.69) is 10.3 Å². The van der Waals surface area contributed by atoms with E-state index in [0.717, 1.165) is 5.56 Å². The van der Waals surface area contributed by atoms with E-state index in [1.807, 2.05) is 0 Å². The fourth-order valence-electron chi connectivity index (χ4n) is 1.70. The predicted octanol–water partition coefficient (Wildman–Crippen LogP) is 0.778. The largest absolute Gasteiger partial charge is 0.446 e. The highest BCUT2D eigenvalue weighted by molar-refractivity contribution is 5.91. The van der Waals surface area contributed by atoms with Gasteiger partial charge < -0.3 is 20.6 Å². The summed E-state index contributed by atoms with van der Waals surface area (Å²) in [5.41, 5.74) is 6.55. The molecule has 1 heterocycles. The standard InChI is InChI=1S/C14H16FN3O3/c15-10-3-1-9(2-4-10)5-6-17-13(20)12-8-21-14(18-12)11(16)7-19/h1-4,8,11,19H,5-7,16H2,(H,17,20). The summed E-state index contributed by atoms with van der Waals surface area (Å²) in [4.78, 5) is 15.7. The van der Waals surface area contributed by atoms with Crippen LogP contribution in [0, 0.1) is 5.82 Å². The average Bonchev–Trinajstić information content (AvgIpc) is 2.98. The van der Waals surface area contributed by atoms with E-state index < -0.39 is 11.9 Å². The number of oxazole rings is 1. The lowest BCUT2D eigenvalue weighted by molar-refractivity contribution is 0.0949. The second-order valence-corrected chi connectivity index (χ2v) is 4.49. The highest BCUT2D eigenvalue weighted by Crippen LogP contribution is 2.09. The second-order valence-electron chi connectivity index (χ2n) is 4.49. The first-order valence-electron chi connectivity index (χ1n) is 6.44. The van der Waals surface area contributed by atoms with Gasteiger partial charge in [0.15, 0.2) is 5.69 Å². The molecule has 0 saturated carbocycles. The Balaban J connectivity index is 1.84. The number of aliphatic hydroxyl groups excluding tert-OH is 1. The van der Waals surface area contributed by atoms with E-state index >= 15 is 0 Å². The van der Waals surface area contributed by atoms with E-state index in [1.165, 1.54) is 18.4 Å². The lowest BCUT2D eigenvalue weighted by Crippen LogP contribution is -2.26. The van der Waals surface area contributed by atoms with Crippen molar-refractivity contribution in [1.29, 1.82) is 0 Å². The van der Waals surface area contributed by atoms with E-state index in [0.29, 0.717) is 13.0 Å². The fraction of sp³-hybridized carbons (Fsp3) is 0.286. The Hall–Kier alpha value is -2.25. The van der Waals surface area contributed by atoms with Crippen LogP contribution < -0.4 is 11.1 Å². The summed E-state index contributed by atoms with van der Waals surface area (Å²) < 4.78 is 17.8. The molecule has 0 radical (unpaired) electrons. The van der Waals surface area contributed by atoms with Gasteiger partial charge in [0.25, 0.3) is 5.91 Å². The maximum Gasteiger partial charge on any atom is 0.273 e. The molecule has 0 aliphatic heterocycles. The molecule has 0 bridgehead atoms. The number of carbonyl (C=O) groups is 1. The van der Waals surface area contributed by atoms with Crippen LogP contribution in [-0.4, -0.2) is 29.1 Å². The SMILES string of the molecule is NC(CO)c1nc(C(=O)NCCc2ccc(F)cc2)co1. The van der Waals surface area contributed by atoms with E-state index in [9.17, 15) is 9.18 Å². The average molecular weight is 293 g/mol. The Morgan fingerprint density at radius 3 is 2.81 bits per heavy atom. The van der Waals surface area contributed by atoms with E-state index in [-0.39, 0.29) is 24.0 Å². The maximum atomic E-state index is 12.7. The van der Waals surface area contributed by atoms with Gasteiger partial charge in [-0.05, 0) is 24.1 Å². The Labute approximate surface area is 120 Å². The van der Waals surface area contributed by atoms with Crippen molar-refractivity contribution in [1.82, 2.24) is 10.3 Å². The number of nitrogens with zero attached hydrogens (tertiary/aromatic N) is 1. The number of benzene rings is 1. The van der Waals surface area contributed by atoms with Gasteiger partial charge in [0.1, 0.15) is 18.1 Å². The Kier molecular flexibility index (Phi) is 5.02. The third-order valence-electron chi connectivity index (χ3n) is 2.88. The number of amides is 1. The van der Waals surface area contributed by atoms with E-state index in [1.54, 1.807) is 12.1 Å². The normalized spacial score (nSPS) is 12.1. The van der Waals surface area contributed by atoms with Gasteiger partial charge in [-0.2, -0.15) is 0 Å². The zero-order valence-corrected chi connectivity index (χ0v) is 11.3. The van der Waals surface area contributed by atoms with Crippen LogP contribution >= 0.6 is 0 Å². The molecule has 2 rings (SSSR count). The number of aliphatic hydroxyl groups is 1. The summed E-state index contributed by atoms with van der Waals surface area (Å²) >= 11 is 0. The molecule has 4 N–H and O–H groups in total. The lowest BCUT2D eigenvalue weighted by Gasteiger charge is -2.03. The Morgan fingerprint density at radius 2 is 2.14 bits per heavy atom. The van der Waals surface area contributed by atoms with Gasteiger partial charge in [0.05, 0.1) is 6.61 Å². The summed E-state index contributed by atoms with van der Waals surface area (Å²) in [6, 6.07) is 5.33. The smallest absolute Gasteiger partial charge is 0.273 e. The molecule has 0 spiro atoms. The van der Waals surface area contributed by atoms with Crippen molar-refractivity contribution >= 4 is 5.91 Å². The quantitative estimate of drug-likeness (QED) is 0.730. The van der Waals surface area contributed by atoms with Gasteiger partial charge in [0.2, 0.25) is 5.89 Å². The summed E-state index contributed by atoms with van der Waals surface area (Å²) in [5, 5.41) is 11.5. The minimum atomic E-state index is -0.745. The van der Waals surface area contributed by atoms with Crippen molar-refractivity contribution in [3.63, 3.8) is 0 Å². The highest BCUT2D eigenvalue weighted by atomic mass is 19.1. The molecule has 1 amide bonds. The number of hydrogen-bond acceptors (Lipinski definition) is 5. The van der Waals surface area contributed by atoms with Crippen molar-refractivity contribution in [2.45, 2.75) is 12.5 Å². The molecule has 0 aliphatic carbocycles. The van der Waals surface area contributed by atoms with Crippen molar-refractivity contribution in [3.05, 3.63) is 53.5 Å². The second kappa shape index (κ2) is 6.96. The fourth-order valence-corrected chi connectivity index (χ4v) is 1.70. The van der Waals surface area contributed by atoms with Crippen LogP contribution in [0.3, 0.4) is 0 Å².